The second-order valence-electron chi connectivity index (χ2n) is 7.36. The van der Waals surface area contributed by atoms with Crippen LogP contribution in [0.2, 0.25) is 0 Å². The van der Waals surface area contributed by atoms with E-state index in [1.165, 1.54) is 0 Å². The van der Waals surface area contributed by atoms with E-state index in [4.69, 9.17) is 9.47 Å². The smallest absolute Gasteiger partial charge is 0.339 e. The zero-order chi connectivity index (χ0) is 14.7. The number of cyclic esters (lactones) is 1. The Balaban J connectivity index is 2.14. The Kier molecular flexibility index (Phi) is 3.04. The fourth-order valence-electron chi connectivity index (χ4n) is 4.88. The number of aliphatic hydroxyl groups is 1. The number of aliphatic hydroxyl groups excluding tert-OH is 1. The summed E-state index contributed by atoms with van der Waals surface area (Å²) in [6, 6.07) is 0. The molecular weight excluding hydrogens is 256 g/mol. The van der Waals surface area contributed by atoms with Crippen LogP contribution in [0.5, 0.6) is 0 Å². The van der Waals surface area contributed by atoms with Crippen molar-refractivity contribution in [1.29, 1.82) is 0 Å². The molecule has 112 valence electrons. The Hall–Kier alpha value is -0.870. The van der Waals surface area contributed by atoms with E-state index < -0.39 is 18.4 Å². The second kappa shape index (κ2) is 4.31. The van der Waals surface area contributed by atoms with Crippen LogP contribution >= 0.6 is 0 Å². The highest BCUT2D eigenvalue weighted by molar-refractivity contribution is 5.94. The van der Waals surface area contributed by atoms with Crippen LogP contribution in [0.3, 0.4) is 0 Å². The zero-order valence-corrected chi connectivity index (χ0v) is 12.7. The molecule has 4 heteroatoms. The third kappa shape index (κ3) is 1.70. The Labute approximate surface area is 120 Å². The van der Waals surface area contributed by atoms with Crippen molar-refractivity contribution in [2.75, 3.05) is 7.11 Å². The van der Waals surface area contributed by atoms with E-state index in [-0.39, 0.29) is 10.8 Å². The predicted octanol–water partition coefficient (Wildman–Crippen LogP) is 2.41. The number of fused-ring (bicyclic) bond motifs is 2. The van der Waals surface area contributed by atoms with Gasteiger partial charge >= 0.3 is 5.97 Å². The standard InChI is InChI=1S/C16H24O4/c1-15(2)6-5-7-16(3)10(15)8-9(17)11-12(16)14(19-4)20-13(11)18/h9-10,14,17H,5-8H2,1-4H3/t9-,10-,14+,16+/m0/s1. The van der Waals surface area contributed by atoms with Gasteiger partial charge in [0.2, 0.25) is 6.29 Å². The van der Waals surface area contributed by atoms with Gasteiger partial charge in [-0.1, -0.05) is 27.2 Å². The molecule has 0 bridgehead atoms. The summed E-state index contributed by atoms with van der Waals surface area (Å²) < 4.78 is 10.7. The number of methoxy groups -OCH3 is 1. The van der Waals surface area contributed by atoms with Crippen LogP contribution in [0.1, 0.15) is 46.5 Å². The summed E-state index contributed by atoms with van der Waals surface area (Å²) in [7, 11) is 1.56. The number of rotatable bonds is 1. The summed E-state index contributed by atoms with van der Waals surface area (Å²) in [6.07, 6.45) is 2.64. The average molecular weight is 280 g/mol. The number of ether oxygens (including phenoxy) is 2. The lowest BCUT2D eigenvalue weighted by atomic mass is 9.50. The van der Waals surface area contributed by atoms with Crippen LogP contribution in [-0.2, 0) is 14.3 Å². The molecule has 0 aromatic heterocycles. The maximum atomic E-state index is 12.0. The van der Waals surface area contributed by atoms with Crippen molar-refractivity contribution in [1.82, 2.24) is 0 Å². The van der Waals surface area contributed by atoms with Crippen LogP contribution < -0.4 is 0 Å². The Morgan fingerprint density at radius 2 is 2.00 bits per heavy atom. The normalized spacial score (nSPS) is 43.0. The number of carbonyl (C=O) groups excluding carboxylic acids is 1. The monoisotopic (exact) mass is 280 g/mol. The van der Waals surface area contributed by atoms with E-state index in [0.717, 1.165) is 24.8 Å². The fourth-order valence-corrected chi connectivity index (χ4v) is 4.88. The molecule has 0 aromatic rings. The number of carbonyl (C=O) groups is 1. The van der Waals surface area contributed by atoms with Gasteiger partial charge in [-0.05, 0) is 36.0 Å². The van der Waals surface area contributed by atoms with E-state index in [1.54, 1.807) is 7.11 Å². The van der Waals surface area contributed by atoms with E-state index in [0.29, 0.717) is 17.9 Å². The molecule has 0 spiro atoms. The first-order valence-electron chi connectivity index (χ1n) is 7.47. The molecule has 0 radical (unpaired) electrons. The van der Waals surface area contributed by atoms with E-state index in [2.05, 4.69) is 20.8 Å². The highest BCUT2D eigenvalue weighted by Gasteiger charge is 2.58. The molecule has 1 heterocycles. The average Bonchev–Trinajstić information content (AvgIpc) is 2.71. The first kappa shape index (κ1) is 14.1. The lowest BCUT2D eigenvalue weighted by Crippen LogP contribution is -2.50. The molecule has 0 unspecified atom stereocenters. The van der Waals surface area contributed by atoms with Gasteiger partial charge in [-0.3, -0.25) is 0 Å². The van der Waals surface area contributed by atoms with Gasteiger partial charge in [0, 0.05) is 12.7 Å². The minimum atomic E-state index is -0.715. The van der Waals surface area contributed by atoms with Crippen LogP contribution in [0.15, 0.2) is 11.1 Å². The molecule has 3 aliphatic rings. The lowest BCUT2D eigenvalue weighted by molar-refractivity contribution is -0.158. The number of hydrogen-bond acceptors (Lipinski definition) is 4. The largest absolute Gasteiger partial charge is 0.428 e. The molecule has 0 aromatic carbocycles. The van der Waals surface area contributed by atoms with Crippen molar-refractivity contribution in [3.05, 3.63) is 11.1 Å². The molecule has 1 fully saturated rings. The maximum Gasteiger partial charge on any atom is 0.339 e. The minimum Gasteiger partial charge on any atom is -0.428 e. The van der Waals surface area contributed by atoms with Crippen molar-refractivity contribution in [3.63, 3.8) is 0 Å². The van der Waals surface area contributed by atoms with Crippen LogP contribution in [0.4, 0.5) is 0 Å². The molecule has 20 heavy (non-hydrogen) atoms. The zero-order valence-electron chi connectivity index (χ0n) is 12.7. The van der Waals surface area contributed by atoms with E-state index in [1.807, 2.05) is 0 Å². The Morgan fingerprint density at radius 3 is 2.65 bits per heavy atom. The van der Waals surface area contributed by atoms with Gasteiger partial charge < -0.3 is 14.6 Å². The third-order valence-corrected chi connectivity index (χ3v) is 5.81. The number of esters is 1. The van der Waals surface area contributed by atoms with E-state index >= 15 is 0 Å². The van der Waals surface area contributed by atoms with Crippen LogP contribution in [-0.4, -0.2) is 30.6 Å². The van der Waals surface area contributed by atoms with Gasteiger partial charge in [0.1, 0.15) is 0 Å². The van der Waals surface area contributed by atoms with Gasteiger partial charge in [0.15, 0.2) is 0 Å². The molecule has 1 aliphatic heterocycles. The van der Waals surface area contributed by atoms with Gasteiger partial charge in [-0.2, -0.15) is 0 Å². The first-order valence-corrected chi connectivity index (χ1v) is 7.47. The van der Waals surface area contributed by atoms with Gasteiger partial charge in [0.25, 0.3) is 0 Å². The summed E-state index contributed by atoms with van der Waals surface area (Å²) in [4.78, 5) is 12.0. The highest BCUT2D eigenvalue weighted by atomic mass is 16.7. The third-order valence-electron chi connectivity index (χ3n) is 5.81. The molecule has 3 rings (SSSR count). The molecule has 4 atom stereocenters. The predicted molar refractivity (Wildman–Crippen MR) is 73.8 cm³/mol. The van der Waals surface area contributed by atoms with Crippen molar-refractivity contribution in [3.8, 4) is 0 Å². The van der Waals surface area contributed by atoms with Crippen LogP contribution in [0.25, 0.3) is 0 Å². The molecular formula is C16H24O4. The van der Waals surface area contributed by atoms with Crippen molar-refractivity contribution >= 4 is 5.97 Å². The fraction of sp³-hybridized carbons (Fsp3) is 0.812. The maximum absolute atomic E-state index is 12.0. The Morgan fingerprint density at radius 1 is 1.30 bits per heavy atom. The van der Waals surface area contributed by atoms with Gasteiger partial charge in [0.05, 0.1) is 11.7 Å². The second-order valence-corrected chi connectivity index (χ2v) is 7.36. The molecule has 1 saturated carbocycles. The summed E-state index contributed by atoms with van der Waals surface area (Å²) in [5.41, 5.74) is 1.43. The minimum absolute atomic E-state index is 0.108. The van der Waals surface area contributed by atoms with Crippen LogP contribution in [0, 0.1) is 16.7 Å². The summed E-state index contributed by atoms with van der Waals surface area (Å²) in [6.45, 7) is 6.76. The molecule has 0 saturated heterocycles. The topological polar surface area (TPSA) is 55.8 Å². The number of hydrogen-bond donors (Lipinski definition) is 1. The molecule has 1 N–H and O–H groups in total. The van der Waals surface area contributed by atoms with Gasteiger partial charge in [-0.15, -0.1) is 0 Å². The van der Waals surface area contributed by atoms with Crippen molar-refractivity contribution < 1.29 is 19.4 Å². The molecule has 0 amide bonds. The van der Waals surface area contributed by atoms with Crippen molar-refractivity contribution in [2.24, 2.45) is 16.7 Å². The lowest BCUT2D eigenvalue weighted by Gasteiger charge is -2.54. The SMILES string of the molecule is CO[C@@H]1OC(=O)C2=C1[C@]1(C)CCCC(C)(C)[C@@H]1C[C@@H]2O. The summed E-state index contributed by atoms with van der Waals surface area (Å²) >= 11 is 0. The molecule has 4 nitrogen and oxygen atoms in total. The Bertz CT molecular complexity index is 479. The van der Waals surface area contributed by atoms with E-state index in [9.17, 15) is 9.90 Å². The van der Waals surface area contributed by atoms with Gasteiger partial charge in [-0.25, -0.2) is 4.79 Å². The summed E-state index contributed by atoms with van der Waals surface area (Å²) in [5, 5.41) is 10.4. The molecule has 2 aliphatic carbocycles. The van der Waals surface area contributed by atoms with Crippen molar-refractivity contribution in [2.45, 2.75) is 58.8 Å². The first-order chi connectivity index (χ1) is 9.31. The summed E-state index contributed by atoms with van der Waals surface area (Å²) in [5.74, 6) is -0.0490. The highest BCUT2D eigenvalue weighted by Crippen LogP contribution is 2.61. The quantitative estimate of drug-likeness (QED) is 0.749.